The summed E-state index contributed by atoms with van der Waals surface area (Å²) in [5.74, 6) is 0. The summed E-state index contributed by atoms with van der Waals surface area (Å²) < 4.78 is 6.79. The van der Waals surface area contributed by atoms with Crippen LogP contribution in [-0.2, 0) is 4.74 Å². The van der Waals surface area contributed by atoms with Crippen LogP contribution >= 0.6 is 11.6 Å². The lowest BCUT2D eigenvalue weighted by Gasteiger charge is -2.33. The van der Waals surface area contributed by atoms with E-state index >= 15 is 0 Å². The monoisotopic (exact) mass is 368 g/mol. The van der Waals surface area contributed by atoms with E-state index in [0.717, 1.165) is 49.1 Å². The van der Waals surface area contributed by atoms with Gasteiger partial charge >= 0.3 is 0 Å². The molecule has 2 heteroatoms. The van der Waals surface area contributed by atoms with Crippen LogP contribution in [0.5, 0.6) is 0 Å². The zero-order valence-corrected chi connectivity index (χ0v) is 16.6. The smallest absolute Gasteiger partial charge is 0.0904 e. The van der Waals surface area contributed by atoms with Gasteiger partial charge in [0.15, 0.2) is 0 Å². The molecule has 1 fully saturated rings. The highest BCUT2D eigenvalue weighted by atomic mass is 35.5. The maximum atomic E-state index is 6.79. The predicted octanol–water partition coefficient (Wildman–Crippen LogP) is 7.61. The summed E-state index contributed by atoms with van der Waals surface area (Å²) in [6.45, 7) is 4.50. The van der Waals surface area contributed by atoms with Crippen molar-refractivity contribution in [2.75, 3.05) is 0 Å². The molecule has 1 aliphatic rings. The number of rotatable bonds is 7. The number of halogens is 1. The fourth-order valence-electron chi connectivity index (χ4n) is 4.15. The van der Waals surface area contributed by atoms with Crippen LogP contribution in [0.1, 0.15) is 69.6 Å². The van der Waals surface area contributed by atoms with Gasteiger partial charge in [0.25, 0.3) is 0 Å². The molecule has 2 unspecified atom stereocenters. The van der Waals surface area contributed by atoms with E-state index in [0.29, 0.717) is 0 Å². The van der Waals surface area contributed by atoms with Crippen LogP contribution in [0.2, 0.25) is 5.02 Å². The Morgan fingerprint density at radius 1 is 1.08 bits per heavy atom. The Bertz CT molecular complexity index is 737. The van der Waals surface area contributed by atoms with Gasteiger partial charge in [0.1, 0.15) is 0 Å². The Balaban J connectivity index is 1.94. The summed E-state index contributed by atoms with van der Waals surface area (Å²) in [4.78, 5) is 0. The van der Waals surface area contributed by atoms with Gasteiger partial charge in [-0.25, -0.2) is 0 Å². The normalized spacial score (nSPS) is 23.3. The summed E-state index contributed by atoms with van der Waals surface area (Å²) >= 11 is 6.45. The third-order valence-corrected chi connectivity index (χ3v) is 5.67. The zero-order valence-electron chi connectivity index (χ0n) is 15.9. The van der Waals surface area contributed by atoms with Gasteiger partial charge in [-0.15, -0.1) is 0 Å². The molecule has 3 rings (SSSR count). The van der Waals surface area contributed by atoms with Crippen LogP contribution in [0.25, 0.3) is 6.08 Å². The summed E-state index contributed by atoms with van der Waals surface area (Å²) in [5.41, 5.74) is 3.66. The highest BCUT2D eigenvalue weighted by Gasteiger charge is 2.42. The minimum Gasteiger partial charge on any atom is -0.363 e. The van der Waals surface area contributed by atoms with Crippen molar-refractivity contribution < 1.29 is 4.74 Å². The first-order valence-electron chi connectivity index (χ1n) is 9.87. The molecule has 26 heavy (non-hydrogen) atoms. The van der Waals surface area contributed by atoms with E-state index in [1.54, 1.807) is 0 Å². The molecule has 138 valence electrons. The molecule has 2 aromatic rings. The second-order valence-electron chi connectivity index (χ2n) is 7.24. The average molecular weight is 369 g/mol. The van der Waals surface area contributed by atoms with Crippen LogP contribution in [0.3, 0.4) is 0 Å². The Labute approximate surface area is 163 Å². The summed E-state index contributed by atoms with van der Waals surface area (Å²) in [7, 11) is 0. The molecule has 1 heterocycles. The molecule has 2 atom stereocenters. The Hall–Kier alpha value is -1.57. The lowest BCUT2D eigenvalue weighted by atomic mass is 9.82. The van der Waals surface area contributed by atoms with E-state index in [1.165, 1.54) is 11.1 Å². The predicted molar refractivity (Wildman–Crippen MR) is 111 cm³/mol. The molecule has 1 nitrogen and oxygen atoms in total. The van der Waals surface area contributed by atoms with Crippen molar-refractivity contribution in [2.24, 2.45) is 0 Å². The van der Waals surface area contributed by atoms with Crippen LogP contribution in [0.4, 0.5) is 0 Å². The number of ether oxygens (including phenoxy) is 1. The van der Waals surface area contributed by atoms with Crippen molar-refractivity contribution in [2.45, 2.75) is 64.1 Å². The van der Waals surface area contributed by atoms with E-state index in [-0.39, 0.29) is 11.7 Å². The molecule has 0 N–H and O–H groups in total. The quantitative estimate of drug-likeness (QED) is 0.488. The lowest BCUT2D eigenvalue weighted by molar-refractivity contribution is -0.0239. The highest BCUT2D eigenvalue weighted by Crippen LogP contribution is 2.48. The third kappa shape index (κ3) is 4.22. The molecular formula is C24H29ClO. The van der Waals surface area contributed by atoms with Crippen LogP contribution < -0.4 is 0 Å². The topological polar surface area (TPSA) is 9.23 Å². The minimum absolute atomic E-state index is 0.0891. The summed E-state index contributed by atoms with van der Waals surface area (Å²) in [6, 6.07) is 18.7. The van der Waals surface area contributed by atoms with Gasteiger partial charge in [-0.1, -0.05) is 92.9 Å². The van der Waals surface area contributed by atoms with Gasteiger partial charge in [-0.05, 0) is 48.4 Å². The van der Waals surface area contributed by atoms with Gasteiger partial charge in [0.2, 0.25) is 0 Å². The molecular weight excluding hydrogens is 340 g/mol. The van der Waals surface area contributed by atoms with Crippen LogP contribution in [-0.4, -0.2) is 5.60 Å². The first-order chi connectivity index (χ1) is 12.7. The van der Waals surface area contributed by atoms with E-state index < -0.39 is 0 Å². The molecule has 0 bridgehead atoms. The van der Waals surface area contributed by atoms with Crippen LogP contribution in [0.15, 0.2) is 60.2 Å². The highest BCUT2D eigenvalue weighted by molar-refractivity contribution is 6.31. The maximum absolute atomic E-state index is 6.79. The van der Waals surface area contributed by atoms with Gasteiger partial charge in [0.05, 0.1) is 11.7 Å². The van der Waals surface area contributed by atoms with E-state index in [1.807, 2.05) is 12.1 Å². The first kappa shape index (κ1) is 19.2. The van der Waals surface area contributed by atoms with E-state index in [4.69, 9.17) is 16.3 Å². The van der Waals surface area contributed by atoms with Crippen molar-refractivity contribution in [3.05, 3.63) is 76.3 Å². The second kappa shape index (κ2) is 8.88. The van der Waals surface area contributed by atoms with E-state index in [9.17, 15) is 0 Å². The lowest BCUT2D eigenvalue weighted by Crippen LogP contribution is -2.30. The van der Waals surface area contributed by atoms with Crippen molar-refractivity contribution in [3.8, 4) is 0 Å². The van der Waals surface area contributed by atoms with E-state index in [2.05, 4.69) is 62.4 Å². The standard InChI is InChI=1S/C24H29ClO/c1-3-10-20(18-19-11-6-5-7-12-19)24(16-4-2)17-15-23(26-24)21-13-8-9-14-22(21)25/h5-9,11-14,18,23H,3-4,10,15-17H2,1-2H3/b20-18-. The SMILES string of the molecule is CCC/C(=C/c1ccccc1)C1(CCC)CCC(c2ccccc2Cl)O1. The van der Waals surface area contributed by atoms with Gasteiger partial charge in [-0.3, -0.25) is 0 Å². The first-order valence-corrected chi connectivity index (χ1v) is 10.2. The molecule has 0 saturated carbocycles. The van der Waals surface area contributed by atoms with Gasteiger partial charge in [0, 0.05) is 5.02 Å². The maximum Gasteiger partial charge on any atom is 0.0904 e. The molecule has 0 spiro atoms. The molecule has 1 aliphatic heterocycles. The fourth-order valence-corrected chi connectivity index (χ4v) is 4.40. The number of hydrogen-bond acceptors (Lipinski definition) is 1. The molecule has 0 aromatic heterocycles. The van der Waals surface area contributed by atoms with Gasteiger partial charge < -0.3 is 4.74 Å². The number of benzene rings is 2. The molecule has 0 amide bonds. The van der Waals surface area contributed by atoms with Gasteiger partial charge in [-0.2, -0.15) is 0 Å². The van der Waals surface area contributed by atoms with Crippen LogP contribution in [0, 0.1) is 0 Å². The Morgan fingerprint density at radius 3 is 2.50 bits per heavy atom. The van der Waals surface area contributed by atoms with Crippen molar-refractivity contribution in [1.29, 1.82) is 0 Å². The molecule has 1 saturated heterocycles. The zero-order chi connectivity index (χ0) is 18.4. The molecule has 0 aliphatic carbocycles. The average Bonchev–Trinajstić information content (AvgIpc) is 3.08. The molecule has 2 aromatic carbocycles. The van der Waals surface area contributed by atoms with Crippen molar-refractivity contribution in [1.82, 2.24) is 0 Å². The second-order valence-corrected chi connectivity index (χ2v) is 7.65. The van der Waals surface area contributed by atoms with Crippen molar-refractivity contribution in [3.63, 3.8) is 0 Å². The van der Waals surface area contributed by atoms with Crippen molar-refractivity contribution >= 4 is 17.7 Å². The Kier molecular flexibility index (Phi) is 6.56. The summed E-state index contributed by atoms with van der Waals surface area (Å²) in [6.07, 6.45) is 8.92. The third-order valence-electron chi connectivity index (χ3n) is 5.33. The number of hydrogen-bond donors (Lipinski definition) is 0. The summed E-state index contributed by atoms with van der Waals surface area (Å²) in [5, 5.41) is 0.814. The largest absolute Gasteiger partial charge is 0.363 e. The molecule has 0 radical (unpaired) electrons. The Morgan fingerprint density at radius 2 is 1.81 bits per heavy atom. The minimum atomic E-state index is -0.162. The fraction of sp³-hybridized carbons (Fsp3) is 0.417.